The van der Waals surface area contributed by atoms with Crippen LogP contribution >= 0.6 is 0 Å². The van der Waals surface area contributed by atoms with Gasteiger partial charge in [-0.15, -0.1) is 0 Å². The fourth-order valence-electron chi connectivity index (χ4n) is 4.04. The van der Waals surface area contributed by atoms with Gasteiger partial charge in [-0.2, -0.15) is 0 Å². The average Bonchev–Trinajstić information content (AvgIpc) is 3.43. The number of rotatable bonds is 20. The van der Waals surface area contributed by atoms with Gasteiger partial charge in [0.05, 0.1) is 24.4 Å². The van der Waals surface area contributed by atoms with E-state index >= 15 is 0 Å². The summed E-state index contributed by atoms with van der Waals surface area (Å²) >= 11 is 0. The molecular formula is C32H54N6O8. The fraction of sp³-hybridized carbons (Fsp3) is 0.625. The summed E-state index contributed by atoms with van der Waals surface area (Å²) in [6.07, 6.45) is 4.24. The van der Waals surface area contributed by atoms with Gasteiger partial charge in [0.2, 0.25) is 6.29 Å². The zero-order valence-electron chi connectivity index (χ0n) is 28.5. The summed E-state index contributed by atoms with van der Waals surface area (Å²) in [6.45, 7) is 12.8. The van der Waals surface area contributed by atoms with E-state index in [1.165, 1.54) is 7.11 Å². The highest BCUT2D eigenvalue weighted by Gasteiger charge is 2.21. The van der Waals surface area contributed by atoms with E-state index in [1.807, 2.05) is 45.0 Å². The number of aryl methyl sites for hydroxylation is 1. The van der Waals surface area contributed by atoms with Gasteiger partial charge < -0.3 is 48.8 Å². The maximum atomic E-state index is 11.1. The topological polar surface area (TPSA) is 163 Å². The van der Waals surface area contributed by atoms with Gasteiger partial charge in [0.1, 0.15) is 5.82 Å². The van der Waals surface area contributed by atoms with Crippen molar-refractivity contribution >= 4 is 28.6 Å². The first-order chi connectivity index (χ1) is 22.4. The Hall–Kier alpha value is -3.40. The molecule has 3 rings (SSSR count). The van der Waals surface area contributed by atoms with Crippen LogP contribution in [0.3, 0.4) is 0 Å². The molecule has 0 spiro atoms. The van der Waals surface area contributed by atoms with Crippen LogP contribution in [0.1, 0.15) is 52.7 Å². The number of pyridine rings is 2. The number of aromatic nitrogens is 4. The van der Waals surface area contributed by atoms with E-state index < -0.39 is 12.4 Å². The molecule has 3 aromatic rings. The van der Waals surface area contributed by atoms with Crippen LogP contribution < -0.4 is 11.1 Å². The Morgan fingerprint density at radius 3 is 2.13 bits per heavy atom. The highest BCUT2D eigenvalue weighted by molar-refractivity contribution is 5.74. The lowest BCUT2D eigenvalue weighted by Crippen LogP contribution is -2.30. The Morgan fingerprint density at radius 1 is 0.870 bits per heavy atom. The van der Waals surface area contributed by atoms with Crippen LogP contribution in [-0.4, -0.2) is 106 Å². The number of methoxy groups -OCH3 is 3. The summed E-state index contributed by atoms with van der Waals surface area (Å²) in [5, 5.41) is 3.18. The first kappa shape index (κ1) is 40.6. The molecule has 0 fully saturated rings. The van der Waals surface area contributed by atoms with Crippen molar-refractivity contribution in [2.24, 2.45) is 0 Å². The average molecular weight is 651 g/mol. The number of fused-ring (bicyclic) bond motifs is 1. The zero-order valence-corrected chi connectivity index (χ0v) is 28.5. The van der Waals surface area contributed by atoms with Crippen molar-refractivity contribution in [3.63, 3.8) is 0 Å². The zero-order chi connectivity index (χ0) is 34.0. The number of esters is 1. The molecular weight excluding hydrogens is 596 g/mol. The quantitative estimate of drug-likeness (QED) is 0.101. The van der Waals surface area contributed by atoms with Crippen molar-refractivity contribution in [3.05, 3.63) is 42.5 Å². The first-order valence-corrected chi connectivity index (χ1v) is 15.7. The van der Waals surface area contributed by atoms with Crippen molar-refractivity contribution in [1.82, 2.24) is 19.5 Å². The van der Waals surface area contributed by atoms with Crippen molar-refractivity contribution < 1.29 is 38.0 Å². The molecule has 0 amide bonds. The maximum absolute atomic E-state index is 11.1. The van der Waals surface area contributed by atoms with Crippen LogP contribution in [0.25, 0.3) is 11.2 Å². The molecule has 0 radical (unpaired) electrons. The van der Waals surface area contributed by atoms with E-state index in [1.54, 1.807) is 33.5 Å². The summed E-state index contributed by atoms with van der Waals surface area (Å²) in [6, 6.07) is 7.70. The van der Waals surface area contributed by atoms with Crippen molar-refractivity contribution in [2.75, 3.05) is 85.2 Å². The van der Waals surface area contributed by atoms with E-state index in [0.29, 0.717) is 44.5 Å². The minimum atomic E-state index is -0.583. The standard InChI is InChI=1S/C15H23N3O3.C9H15N3O.C8H16O4/c1-4-20-15(21-5-2)14-17-13-12(8-6-9-16-13)18(14)10-7-11-19-3;1-13-7-3-6-11-8-4-2-5-12-9(8)10;1-4-11-7(6-10-3)8(9)12-5-2/h6,8-9,15H,4-5,7,10-11H2,1-3H3;2,4-5,11H,3,6-7H2,1H3,(H2,10,12);7H,4-6H2,1-3H3. The van der Waals surface area contributed by atoms with Gasteiger partial charge in [0.15, 0.2) is 17.6 Å². The molecule has 46 heavy (non-hydrogen) atoms. The van der Waals surface area contributed by atoms with E-state index in [2.05, 4.69) is 24.8 Å². The monoisotopic (exact) mass is 650 g/mol. The van der Waals surface area contributed by atoms with Crippen LogP contribution in [0.2, 0.25) is 0 Å². The molecule has 0 aromatic carbocycles. The maximum Gasteiger partial charge on any atom is 0.337 e. The summed E-state index contributed by atoms with van der Waals surface area (Å²) in [7, 11) is 4.92. The van der Waals surface area contributed by atoms with Crippen molar-refractivity contribution in [2.45, 2.75) is 59.5 Å². The predicted octanol–water partition coefficient (Wildman–Crippen LogP) is 4.25. The molecule has 3 heterocycles. The molecule has 3 N–H and O–H groups in total. The predicted molar refractivity (Wildman–Crippen MR) is 178 cm³/mol. The number of nitrogen functional groups attached to an aromatic ring is 1. The molecule has 0 saturated heterocycles. The molecule has 1 unspecified atom stereocenters. The minimum Gasteiger partial charge on any atom is -0.464 e. The number of ether oxygens (including phenoxy) is 7. The summed E-state index contributed by atoms with van der Waals surface area (Å²) in [5.74, 6) is 0.949. The Kier molecular flexibility index (Phi) is 22.7. The van der Waals surface area contributed by atoms with Gasteiger partial charge >= 0.3 is 5.97 Å². The first-order valence-electron chi connectivity index (χ1n) is 15.7. The SMILES string of the molecule is CCOC(=O)C(COC)OCC.CCOC(OCC)c1nc2ncccc2n1CCCOC.COCCCNc1cccnc1N. The molecule has 14 heteroatoms. The van der Waals surface area contributed by atoms with Gasteiger partial charge in [0, 0.05) is 79.8 Å². The Labute approximate surface area is 273 Å². The normalized spacial score (nSPS) is 11.4. The smallest absolute Gasteiger partial charge is 0.337 e. The molecule has 0 aliphatic rings. The van der Waals surface area contributed by atoms with E-state index in [4.69, 9.17) is 38.9 Å². The molecule has 14 nitrogen and oxygen atoms in total. The van der Waals surface area contributed by atoms with Crippen LogP contribution in [-0.2, 0) is 44.5 Å². The number of anilines is 2. The summed E-state index contributed by atoms with van der Waals surface area (Å²) in [5.41, 5.74) is 8.23. The summed E-state index contributed by atoms with van der Waals surface area (Å²) < 4.78 is 38.2. The molecule has 260 valence electrons. The Bertz CT molecular complexity index is 1190. The molecule has 1 atom stereocenters. The fourth-order valence-corrected chi connectivity index (χ4v) is 4.04. The summed E-state index contributed by atoms with van der Waals surface area (Å²) in [4.78, 5) is 24.0. The third kappa shape index (κ3) is 15.3. The van der Waals surface area contributed by atoms with Gasteiger partial charge in [-0.25, -0.2) is 19.7 Å². The van der Waals surface area contributed by atoms with Gasteiger partial charge in [-0.1, -0.05) is 0 Å². The second-order valence-corrected chi connectivity index (χ2v) is 9.42. The Balaban J connectivity index is 0.000000367. The minimum absolute atomic E-state index is 0.243. The van der Waals surface area contributed by atoms with Crippen LogP contribution in [0, 0.1) is 0 Å². The van der Waals surface area contributed by atoms with Crippen molar-refractivity contribution in [1.29, 1.82) is 0 Å². The van der Waals surface area contributed by atoms with Gasteiger partial charge in [-0.3, -0.25) is 0 Å². The molecule has 3 aromatic heterocycles. The molecule has 0 aliphatic carbocycles. The lowest BCUT2D eigenvalue weighted by atomic mass is 10.3. The number of hydrogen-bond donors (Lipinski definition) is 2. The molecule has 0 aliphatic heterocycles. The lowest BCUT2D eigenvalue weighted by Gasteiger charge is -2.18. The van der Waals surface area contributed by atoms with Crippen LogP contribution in [0.5, 0.6) is 0 Å². The van der Waals surface area contributed by atoms with E-state index in [-0.39, 0.29) is 12.6 Å². The van der Waals surface area contributed by atoms with E-state index in [9.17, 15) is 4.79 Å². The molecule has 0 saturated carbocycles. The highest BCUT2D eigenvalue weighted by Crippen LogP contribution is 2.23. The highest BCUT2D eigenvalue weighted by atomic mass is 16.7. The number of carbonyl (C=O) groups excluding carboxylic acids is 1. The van der Waals surface area contributed by atoms with Gasteiger partial charge in [0.25, 0.3) is 0 Å². The third-order valence-electron chi connectivity index (χ3n) is 6.05. The third-order valence-corrected chi connectivity index (χ3v) is 6.05. The van der Waals surface area contributed by atoms with E-state index in [0.717, 1.165) is 49.6 Å². The lowest BCUT2D eigenvalue weighted by molar-refractivity contribution is -0.159. The number of nitrogens with one attached hydrogen (secondary N) is 1. The number of hydrogen-bond acceptors (Lipinski definition) is 13. The number of carbonyl (C=O) groups is 1. The van der Waals surface area contributed by atoms with Crippen LogP contribution in [0.4, 0.5) is 11.5 Å². The van der Waals surface area contributed by atoms with Gasteiger partial charge in [-0.05, 0) is 64.8 Å². The Morgan fingerprint density at radius 2 is 1.52 bits per heavy atom. The largest absolute Gasteiger partial charge is 0.464 e. The number of nitrogens with two attached hydrogens (primary N) is 1. The van der Waals surface area contributed by atoms with Crippen LogP contribution in [0.15, 0.2) is 36.7 Å². The van der Waals surface area contributed by atoms with Crippen molar-refractivity contribution in [3.8, 4) is 0 Å². The number of nitrogens with zero attached hydrogens (tertiary/aromatic N) is 4. The number of imidazole rings is 1. The second-order valence-electron chi connectivity index (χ2n) is 9.42. The molecule has 0 bridgehead atoms. The second kappa shape index (κ2) is 25.8.